The molecule has 176 valence electrons. The van der Waals surface area contributed by atoms with Gasteiger partial charge in [0.15, 0.2) is 0 Å². The number of fused-ring (bicyclic) bond motifs is 5. The van der Waals surface area contributed by atoms with Crippen molar-refractivity contribution < 1.29 is 4.79 Å². The average Bonchev–Trinajstić information content (AvgIpc) is 2.96. The number of carbonyl (C=O) groups excluding carboxylic acids is 1. The number of hydrogen-bond donors (Lipinski definition) is 0. The van der Waals surface area contributed by atoms with Crippen molar-refractivity contribution in [1.82, 2.24) is 0 Å². The Morgan fingerprint density at radius 1 is 0.968 bits per heavy atom. The summed E-state index contributed by atoms with van der Waals surface area (Å²) in [6, 6.07) is 0. The van der Waals surface area contributed by atoms with Crippen molar-refractivity contribution >= 4 is 5.78 Å². The minimum Gasteiger partial charge on any atom is -0.299 e. The first-order valence-corrected chi connectivity index (χ1v) is 13.6. The van der Waals surface area contributed by atoms with Gasteiger partial charge in [0.2, 0.25) is 0 Å². The molecule has 3 fully saturated rings. The number of Topliss-reactive ketones (excluding diaryl/α,β-unsaturated/α-hetero) is 1. The van der Waals surface area contributed by atoms with Gasteiger partial charge in [-0.05, 0) is 84.4 Å². The third-order valence-electron chi connectivity index (χ3n) is 11.8. The Labute approximate surface area is 193 Å². The Kier molecular flexibility index (Phi) is 5.88. The van der Waals surface area contributed by atoms with Gasteiger partial charge in [-0.2, -0.15) is 0 Å². The molecule has 0 bridgehead atoms. The van der Waals surface area contributed by atoms with Crippen LogP contribution in [0.2, 0.25) is 0 Å². The Morgan fingerprint density at radius 3 is 2.35 bits per heavy atom. The van der Waals surface area contributed by atoms with E-state index in [2.05, 4.69) is 61.5 Å². The molecule has 0 N–H and O–H groups in total. The summed E-state index contributed by atoms with van der Waals surface area (Å²) in [5.41, 5.74) is 2.80. The summed E-state index contributed by atoms with van der Waals surface area (Å²) >= 11 is 0. The highest BCUT2D eigenvalue weighted by molar-refractivity contribution is 5.85. The molecule has 1 nitrogen and oxygen atoms in total. The van der Waals surface area contributed by atoms with Crippen LogP contribution in [0.5, 0.6) is 0 Å². The van der Waals surface area contributed by atoms with Gasteiger partial charge in [0, 0.05) is 11.8 Å². The zero-order valence-corrected chi connectivity index (χ0v) is 21.9. The van der Waals surface area contributed by atoms with E-state index in [-0.39, 0.29) is 5.41 Å². The van der Waals surface area contributed by atoms with E-state index < -0.39 is 0 Å². The number of rotatable bonds is 5. The Balaban J connectivity index is 1.61. The van der Waals surface area contributed by atoms with Crippen LogP contribution in [0.3, 0.4) is 0 Å². The summed E-state index contributed by atoms with van der Waals surface area (Å²) in [6.45, 7) is 19.7. The molecule has 0 unspecified atom stereocenters. The lowest BCUT2D eigenvalue weighted by Crippen LogP contribution is -2.57. The summed E-state index contributed by atoms with van der Waals surface area (Å²) in [5.74, 6) is 4.29. The van der Waals surface area contributed by atoms with Crippen molar-refractivity contribution in [3.8, 4) is 0 Å². The van der Waals surface area contributed by atoms with Gasteiger partial charge in [-0.3, -0.25) is 4.79 Å². The maximum absolute atomic E-state index is 12.8. The molecular formula is C30H50O. The summed E-state index contributed by atoms with van der Waals surface area (Å²) in [5, 5.41) is 0. The van der Waals surface area contributed by atoms with E-state index in [9.17, 15) is 4.79 Å². The molecule has 4 aliphatic rings. The smallest absolute Gasteiger partial charge is 0.138 e. The molecule has 7 atom stereocenters. The van der Waals surface area contributed by atoms with E-state index in [1.807, 2.05) is 5.57 Å². The monoisotopic (exact) mass is 426 g/mol. The number of allylic oxidation sites excluding steroid dienone is 2. The zero-order chi connectivity index (χ0) is 22.8. The van der Waals surface area contributed by atoms with Gasteiger partial charge in [0.05, 0.1) is 0 Å². The van der Waals surface area contributed by atoms with Crippen LogP contribution in [0.15, 0.2) is 11.6 Å². The van der Waals surface area contributed by atoms with E-state index in [4.69, 9.17) is 0 Å². The topological polar surface area (TPSA) is 17.1 Å². The number of hydrogen-bond acceptors (Lipinski definition) is 1. The highest BCUT2D eigenvalue weighted by atomic mass is 16.1. The Bertz CT molecular complexity index is 744. The molecule has 31 heavy (non-hydrogen) atoms. The van der Waals surface area contributed by atoms with E-state index in [0.717, 1.165) is 37.0 Å². The third-order valence-corrected chi connectivity index (χ3v) is 11.8. The van der Waals surface area contributed by atoms with Crippen LogP contribution in [0.1, 0.15) is 120 Å². The molecule has 3 saturated carbocycles. The zero-order valence-electron chi connectivity index (χ0n) is 21.9. The third kappa shape index (κ3) is 3.33. The molecule has 0 aromatic heterocycles. The van der Waals surface area contributed by atoms with Crippen molar-refractivity contribution in [3.05, 3.63) is 11.6 Å². The minimum atomic E-state index is -0.153. The van der Waals surface area contributed by atoms with Crippen LogP contribution in [0, 0.1) is 51.2 Å². The van der Waals surface area contributed by atoms with Crippen LogP contribution in [0.25, 0.3) is 0 Å². The number of carbonyl (C=O) groups is 1. The second kappa shape index (κ2) is 7.73. The average molecular weight is 427 g/mol. The highest BCUT2D eigenvalue weighted by Gasteiger charge is 2.65. The first-order valence-electron chi connectivity index (χ1n) is 13.6. The lowest BCUT2D eigenvalue weighted by atomic mass is 9.41. The molecule has 0 amide bonds. The molecule has 1 heteroatoms. The Hall–Kier alpha value is -0.590. The van der Waals surface area contributed by atoms with E-state index in [1.54, 1.807) is 0 Å². The molecule has 0 aromatic carbocycles. The lowest BCUT2D eigenvalue weighted by molar-refractivity contribution is -0.146. The van der Waals surface area contributed by atoms with E-state index in [1.165, 1.54) is 44.9 Å². The van der Waals surface area contributed by atoms with E-state index in [0.29, 0.717) is 33.9 Å². The fourth-order valence-corrected chi connectivity index (χ4v) is 9.51. The van der Waals surface area contributed by atoms with Gasteiger partial charge in [0.1, 0.15) is 5.78 Å². The molecule has 0 radical (unpaired) electrons. The van der Waals surface area contributed by atoms with Gasteiger partial charge in [0.25, 0.3) is 0 Å². The van der Waals surface area contributed by atoms with Gasteiger partial charge in [-0.15, -0.1) is 0 Å². The van der Waals surface area contributed by atoms with Gasteiger partial charge in [-0.25, -0.2) is 0 Å². The fourth-order valence-electron chi connectivity index (χ4n) is 9.51. The predicted octanol–water partition coefficient (Wildman–Crippen LogP) is 8.62. The normalized spacial score (nSPS) is 45.0. The Morgan fingerprint density at radius 2 is 1.68 bits per heavy atom. The predicted molar refractivity (Wildman–Crippen MR) is 132 cm³/mol. The fraction of sp³-hybridized carbons (Fsp3) is 0.900. The largest absolute Gasteiger partial charge is 0.299 e. The second-order valence-electron chi connectivity index (χ2n) is 13.9. The first kappa shape index (κ1) is 23.6. The molecular weight excluding hydrogens is 376 g/mol. The van der Waals surface area contributed by atoms with Crippen molar-refractivity contribution in [2.24, 2.45) is 51.2 Å². The van der Waals surface area contributed by atoms with Crippen LogP contribution >= 0.6 is 0 Å². The SMILES string of the molecule is CC(C)CCC[C@@H](C)[C@H]1CC[C@@]2(C)C3=CC[C@H]4C(C)(C)C(=O)CC[C@]4(C)[C@H]3CC[C@]12C. The molecule has 0 aliphatic heterocycles. The molecule has 4 aliphatic carbocycles. The molecule has 0 aromatic rings. The molecule has 0 saturated heterocycles. The quantitative estimate of drug-likeness (QED) is 0.402. The maximum atomic E-state index is 12.8. The summed E-state index contributed by atoms with van der Waals surface area (Å²) < 4.78 is 0. The van der Waals surface area contributed by atoms with Crippen LogP contribution in [-0.4, -0.2) is 5.78 Å². The molecule has 0 heterocycles. The van der Waals surface area contributed by atoms with Crippen molar-refractivity contribution in [2.45, 2.75) is 120 Å². The summed E-state index contributed by atoms with van der Waals surface area (Å²) in [7, 11) is 0. The van der Waals surface area contributed by atoms with Crippen LogP contribution < -0.4 is 0 Å². The lowest BCUT2D eigenvalue weighted by Gasteiger charge is -2.63. The van der Waals surface area contributed by atoms with Crippen LogP contribution in [0.4, 0.5) is 0 Å². The summed E-state index contributed by atoms with van der Waals surface area (Å²) in [6.07, 6.45) is 15.4. The van der Waals surface area contributed by atoms with E-state index >= 15 is 0 Å². The summed E-state index contributed by atoms with van der Waals surface area (Å²) in [4.78, 5) is 12.8. The van der Waals surface area contributed by atoms with Crippen LogP contribution in [-0.2, 0) is 4.79 Å². The van der Waals surface area contributed by atoms with Crippen molar-refractivity contribution in [2.75, 3.05) is 0 Å². The standard InChI is InChI=1S/C30H50O/c1-20(2)10-9-11-21(3)22-14-18-30(8)24-12-13-25-27(4,5)26(31)16-17-28(25,6)23(24)15-19-29(22,30)7/h12,20-23,25H,9-11,13-19H2,1-8H3/t21-,22-,23+,25+,28-,29-,30+/m1/s1. The van der Waals surface area contributed by atoms with Crippen molar-refractivity contribution in [1.29, 1.82) is 0 Å². The second-order valence-corrected chi connectivity index (χ2v) is 13.9. The first-order chi connectivity index (χ1) is 14.4. The van der Waals surface area contributed by atoms with Gasteiger partial charge >= 0.3 is 0 Å². The van der Waals surface area contributed by atoms with Gasteiger partial charge < -0.3 is 0 Å². The van der Waals surface area contributed by atoms with Crippen molar-refractivity contribution in [3.63, 3.8) is 0 Å². The minimum absolute atomic E-state index is 0.153. The van der Waals surface area contributed by atoms with Gasteiger partial charge in [-0.1, -0.05) is 86.3 Å². The number of ketones is 1. The maximum Gasteiger partial charge on any atom is 0.138 e. The molecule has 4 rings (SSSR count). The molecule has 0 spiro atoms. The highest BCUT2D eigenvalue weighted by Crippen LogP contribution is 2.73.